The number of carbonyl (C=O) groups is 1. The van der Waals surface area contributed by atoms with Crippen molar-refractivity contribution >= 4 is 11.6 Å². The van der Waals surface area contributed by atoms with Crippen LogP contribution in [0.3, 0.4) is 0 Å². The predicted molar refractivity (Wildman–Crippen MR) is 80.0 cm³/mol. The number of hydrogen-bond donors (Lipinski definition) is 1. The molecule has 3 aromatic rings. The van der Waals surface area contributed by atoms with Gasteiger partial charge in [-0.3, -0.25) is 9.78 Å². The highest BCUT2D eigenvalue weighted by Gasteiger charge is 2.06. The van der Waals surface area contributed by atoms with Crippen molar-refractivity contribution in [1.82, 2.24) is 14.5 Å². The second kappa shape index (κ2) is 6.00. The van der Waals surface area contributed by atoms with E-state index in [9.17, 15) is 4.79 Å². The summed E-state index contributed by atoms with van der Waals surface area (Å²) in [5.41, 5.74) is 2.40. The molecule has 0 unspecified atom stereocenters. The van der Waals surface area contributed by atoms with Crippen LogP contribution in [0.15, 0.2) is 67.5 Å². The molecule has 2 heterocycles. The number of imidazole rings is 1. The summed E-state index contributed by atoms with van der Waals surface area (Å²) in [6.07, 6.45) is 8.60. The SMILES string of the molecule is O=C(Nc1cccc(Cn2ccnc2)c1)c1cccnc1. The zero-order chi connectivity index (χ0) is 14.5. The molecule has 1 N–H and O–H groups in total. The van der Waals surface area contributed by atoms with Crippen LogP contribution in [-0.2, 0) is 6.54 Å². The second-order valence-electron chi connectivity index (χ2n) is 4.63. The number of aromatic nitrogens is 3. The number of amides is 1. The van der Waals surface area contributed by atoms with Gasteiger partial charge in [-0.2, -0.15) is 0 Å². The molecule has 0 saturated heterocycles. The highest BCUT2D eigenvalue weighted by atomic mass is 16.1. The average molecular weight is 278 g/mol. The van der Waals surface area contributed by atoms with E-state index in [0.717, 1.165) is 17.8 Å². The van der Waals surface area contributed by atoms with Gasteiger partial charge >= 0.3 is 0 Å². The fourth-order valence-electron chi connectivity index (χ4n) is 2.04. The van der Waals surface area contributed by atoms with Crippen LogP contribution in [0.5, 0.6) is 0 Å². The monoisotopic (exact) mass is 278 g/mol. The third kappa shape index (κ3) is 3.33. The van der Waals surface area contributed by atoms with E-state index in [1.165, 1.54) is 0 Å². The Morgan fingerprint density at radius 3 is 2.86 bits per heavy atom. The predicted octanol–water partition coefficient (Wildman–Crippen LogP) is 2.58. The molecule has 1 amide bonds. The van der Waals surface area contributed by atoms with Gasteiger partial charge in [0.15, 0.2) is 0 Å². The molecule has 0 aliphatic rings. The summed E-state index contributed by atoms with van der Waals surface area (Å²) >= 11 is 0. The highest BCUT2D eigenvalue weighted by Crippen LogP contribution is 2.13. The lowest BCUT2D eigenvalue weighted by atomic mass is 10.2. The first-order valence-corrected chi connectivity index (χ1v) is 6.57. The van der Waals surface area contributed by atoms with Crippen LogP contribution < -0.4 is 5.32 Å². The number of benzene rings is 1. The first kappa shape index (κ1) is 13.1. The zero-order valence-corrected chi connectivity index (χ0v) is 11.3. The first-order valence-electron chi connectivity index (χ1n) is 6.57. The molecule has 104 valence electrons. The van der Waals surface area contributed by atoms with Gasteiger partial charge in [-0.05, 0) is 29.8 Å². The van der Waals surface area contributed by atoms with Crippen molar-refractivity contribution in [3.8, 4) is 0 Å². The molecule has 5 nitrogen and oxygen atoms in total. The maximum Gasteiger partial charge on any atom is 0.257 e. The van der Waals surface area contributed by atoms with Gasteiger partial charge in [-0.1, -0.05) is 12.1 Å². The Hall–Kier alpha value is -2.95. The fraction of sp³-hybridized carbons (Fsp3) is 0.0625. The van der Waals surface area contributed by atoms with Crippen molar-refractivity contribution in [2.45, 2.75) is 6.54 Å². The molecular weight excluding hydrogens is 264 g/mol. The van der Waals surface area contributed by atoms with E-state index in [1.807, 2.05) is 35.0 Å². The van der Waals surface area contributed by atoms with Gasteiger partial charge in [0.2, 0.25) is 0 Å². The van der Waals surface area contributed by atoms with Crippen LogP contribution in [0.25, 0.3) is 0 Å². The van der Waals surface area contributed by atoms with E-state index in [1.54, 1.807) is 37.1 Å². The number of carbonyl (C=O) groups excluding carboxylic acids is 1. The molecule has 0 bridgehead atoms. The summed E-state index contributed by atoms with van der Waals surface area (Å²) in [6.45, 7) is 0.719. The van der Waals surface area contributed by atoms with E-state index in [0.29, 0.717) is 5.56 Å². The molecule has 2 aromatic heterocycles. The molecule has 0 atom stereocenters. The Kier molecular flexibility index (Phi) is 3.73. The zero-order valence-electron chi connectivity index (χ0n) is 11.3. The molecule has 3 rings (SSSR count). The lowest BCUT2D eigenvalue weighted by Gasteiger charge is -2.08. The topological polar surface area (TPSA) is 59.8 Å². The maximum absolute atomic E-state index is 12.1. The number of pyridine rings is 1. The fourth-order valence-corrected chi connectivity index (χ4v) is 2.04. The van der Waals surface area contributed by atoms with E-state index in [2.05, 4.69) is 15.3 Å². The van der Waals surface area contributed by atoms with E-state index in [-0.39, 0.29) is 5.91 Å². The molecule has 0 saturated carbocycles. The Bertz CT molecular complexity index is 723. The largest absolute Gasteiger partial charge is 0.333 e. The normalized spacial score (nSPS) is 10.3. The van der Waals surface area contributed by atoms with Crippen molar-refractivity contribution in [3.05, 3.63) is 78.6 Å². The van der Waals surface area contributed by atoms with Crippen LogP contribution in [0.2, 0.25) is 0 Å². The number of hydrogen-bond acceptors (Lipinski definition) is 3. The minimum atomic E-state index is -0.164. The van der Waals surface area contributed by atoms with Crippen LogP contribution in [0, 0.1) is 0 Å². The first-order chi connectivity index (χ1) is 10.3. The quantitative estimate of drug-likeness (QED) is 0.798. The van der Waals surface area contributed by atoms with Gasteiger partial charge in [-0.25, -0.2) is 4.98 Å². The molecule has 0 fully saturated rings. The molecular formula is C16H14N4O. The van der Waals surface area contributed by atoms with Gasteiger partial charge in [0.1, 0.15) is 0 Å². The van der Waals surface area contributed by atoms with Crippen molar-refractivity contribution in [3.63, 3.8) is 0 Å². The van der Waals surface area contributed by atoms with Crippen molar-refractivity contribution in [2.24, 2.45) is 0 Å². The van der Waals surface area contributed by atoms with Gasteiger partial charge in [0, 0.05) is 37.0 Å². The third-order valence-corrected chi connectivity index (χ3v) is 3.03. The standard InChI is InChI=1S/C16H14N4O/c21-16(14-4-2-6-17-10-14)19-15-5-1-3-13(9-15)11-20-8-7-18-12-20/h1-10,12H,11H2,(H,19,21). The Labute approximate surface area is 122 Å². The molecule has 0 spiro atoms. The van der Waals surface area contributed by atoms with Crippen LogP contribution in [0.4, 0.5) is 5.69 Å². The van der Waals surface area contributed by atoms with Crippen molar-refractivity contribution in [2.75, 3.05) is 5.32 Å². The molecule has 5 heteroatoms. The Morgan fingerprint density at radius 2 is 2.10 bits per heavy atom. The van der Waals surface area contributed by atoms with Crippen LogP contribution >= 0.6 is 0 Å². The van der Waals surface area contributed by atoms with E-state index in [4.69, 9.17) is 0 Å². The summed E-state index contributed by atoms with van der Waals surface area (Å²) < 4.78 is 1.97. The Morgan fingerprint density at radius 1 is 1.14 bits per heavy atom. The van der Waals surface area contributed by atoms with E-state index < -0.39 is 0 Å². The summed E-state index contributed by atoms with van der Waals surface area (Å²) in [7, 11) is 0. The smallest absolute Gasteiger partial charge is 0.257 e. The van der Waals surface area contributed by atoms with Gasteiger partial charge in [0.25, 0.3) is 5.91 Å². The van der Waals surface area contributed by atoms with Crippen molar-refractivity contribution < 1.29 is 4.79 Å². The van der Waals surface area contributed by atoms with Crippen LogP contribution in [-0.4, -0.2) is 20.4 Å². The molecule has 0 radical (unpaired) electrons. The summed E-state index contributed by atoms with van der Waals surface area (Å²) in [4.78, 5) is 20.0. The molecule has 0 aliphatic carbocycles. The minimum Gasteiger partial charge on any atom is -0.333 e. The maximum atomic E-state index is 12.1. The van der Waals surface area contributed by atoms with Gasteiger partial charge in [-0.15, -0.1) is 0 Å². The lowest BCUT2D eigenvalue weighted by Crippen LogP contribution is -2.12. The van der Waals surface area contributed by atoms with Gasteiger partial charge < -0.3 is 9.88 Å². The number of anilines is 1. The van der Waals surface area contributed by atoms with Crippen LogP contribution in [0.1, 0.15) is 15.9 Å². The highest BCUT2D eigenvalue weighted by molar-refractivity contribution is 6.04. The Balaban J connectivity index is 1.73. The third-order valence-electron chi connectivity index (χ3n) is 3.03. The summed E-state index contributed by atoms with van der Waals surface area (Å²) in [5, 5.41) is 2.87. The molecule has 21 heavy (non-hydrogen) atoms. The summed E-state index contributed by atoms with van der Waals surface area (Å²) in [5.74, 6) is -0.164. The van der Waals surface area contributed by atoms with E-state index >= 15 is 0 Å². The lowest BCUT2D eigenvalue weighted by molar-refractivity contribution is 0.102. The average Bonchev–Trinajstić information content (AvgIpc) is 3.01. The minimum absolute atomic E-state index is 0.164. The number of rotatable bonds is 4. The molecule has 1 aromatic carbocycles. The summed E-state index contributed by atoms with van der Waals surface area (Å²) in [6, 6.07) is 11.2. The molecule has 0 aliphatic heterocycles. The number of nitrogens with zero attached hydrogens (tertiary/aromatic N) is 3. The second-order valence-corrected chi connectivity index (χ2v) is 4.63. The van der Waals surface area contributed by atoms with Gasteiger partial charge in [0.05, 0.1) is 11.9 Å². The van der Waals surface area contributed by atoms with Crippen molar-refractivity contribution in [1.29, 1.82) is 0 Å². The number of nitrogens with one attached hydrogen (secondary N) is 1.